The van der Waals surface area contributed by atoms with Gasteiger partial charge in [-0.1, -0.05) is 25.7 Å². The van der Waals surface area contributed by atoms with E-state index in [2.05, 4.69) is 4.99 Å². The van der Waals surface area contributed by atoms with Crippen molar-refractivity contribution in [2.24, 2.45) is 10.9 Å². The highest BCUT2D eigenvalue weighted by Crippen LogP contribution is 2.34. The van der Waals surface area contributed by atoms with Crippen LogP contribution in [0, 0.1) is 5.92 Å². The van der Waals surface area contributed by atoms with Crippen molar-refractivity contribution in [1.29, 1.82) is 0 Å². The molecule has 0 aromatic rings. The number of halogens is 2. The van der Waals surface area contributed by atoms with Crippen molar-refractivity contribution < 1.29 is 13.6 Å². The van der Waals surface area contributed by atoms with Crippen molar-refractivity contribution in [2.45, 2.75) is 38.2 Å². The highest BCUT2D eigenvalue weighted by Gasteiger charge is 2.33. The molecule has 0 aliphatic heterocycles. The van der Waals surface area contributed by atoms with Gasteiger partial charge in [-0.3, -0.25) is 0 Å². The molecular formula is C8H11F2NO. The lowest BCUT2D eigenvalue weighted by atomic mass is 10.0. The number of rotatable bonds is 3. The number of hydrogen-bond donors (Lipinski definition) is 0. The molecular weight excluding hydrogens is 164 g/mol. The molecule has 0 unspecified atom stereocenters. The summed E-state index contributed by atoms with van der Waals surface area (Å²) < 4.78 is 25.3. The molecule has 1 aliphatic rings. The normalized spacial score (nSPS) is 19.2. The van der Waals surface area contributed by atoms with Gasteiger partial charge in [0.1, 0.15) is 0 Å². The molecule has 12 heavy (non-hydrogen) atoms. The van der Waals surface area contributed by atoms with Crippen LogP contribution in [0.2, 0.25) is 0 Å². The van der Waals surface area contributed by atoms with E-state index in [0.29, 0.717) is 0 Å². The summed E-state index contributed by atoms with van der Waals surface area (Å²) in [6, 6.07) is -3.18. The minimum atomic E-state index is -3.18. The lowest BCUT2D eigenvalue weighted by Gasteiger charge is -2.13. The van der Waals surface area contributed by atoms with Crippen LogP contribution in [-0.2, 0) is 4.79 Å². The standard InChI is InChI=1S/C8H11F2NO/c9-8(10,11-6-12)5-7-3-1-2-4-7/h7H,1-5H2. The second-order valence-electron chi connectivity index (χ2n) is 3.22. The summed E-state index contributed by atoms with van der Waals surface area (Å²) in [6.07, 6.45) is 4.33. The zero-order valence-electron chi connectivity index (χ0n) is 6.72. The number of carbonyl (C=O) groups excluding carboxylic acids is 1. The van der Waals surface area contributed by atoms with Crippen LogP contribution in [0.4, 0.5) is 8.78 Å². The van der Waals surface area contributed by atoms with E-state index < -0.39 is 6.05 Å². The minimum Gasteiger partial charge on any atom is -0.211 e. The summed E-state index contributed by atoms with van der Waals surface area (Å²) in [5.74, 6) is 0.0390. The predicted molar refractivity (Wildman–Crippen MR) is 39.6 cm³/mol. The van der Waals surface area contributed by atoms with E-state index in [1.165, 1.54) is 0 Å². The zero-order chi connectivity index (χ0) is 9.03. The second-order valence-corrected chi connectivity index (χ2v) is 3.22. The SMILES string of the molecule is O=C=NC(F)(F)CC1CCCC1. The van der Waals surface area contributed by atoms with Crippen molar-refractivity contribution in [3.8, 4) is 0 Å². The third kappa shape index (κ3) is 2.70. The molecule has 68 valence electrons. The number of hydrogen-bond acceptors (Lipinski definition) is 2. The molecule has 0 aromatic carbocycles. The second kappa shape index (κ2) is 3.76. The van der Waals surface area contributed by atoms with Gasteiger partial charge in [0.25, 0.3) is 0 Å². The number of nitrogens with zero attached hydrogens (tertiary/aromatic N) is 1. The molecule has 0 amide bonds. The maximum atomic E-state index is 12.6. The van der Waals surface area contributed by atoms with Gasteiger partial charge in [0, 0.05) is 6.42 Å². The molecule has 1 aliphatic carbocycles. The largest absolute Gasteiger partial charge is 0.352 e. The van der Waals surface area contributed by atoms with Gasteiger partial charge in [-0.05, 0) is 5.92 Å². The van der Waals surface area contributed by atoms with Crippen molar-refractivity contribution in [2.75, 3.05) is 0 Å². The van der Waals surface area contributed by atoms with E-state index in [-0.39, 0.29) is 12.3 Å². The van der Waals surface area contributed by atoms with Crippen LogP contribution in [-0.4, -0.2) is 12.1 Å². The molecule has 0 radical (unpaired) electrons. The molecule has 0 aromatic heterocycles. The van der Waals surface area contributed by atoms with Crippen molar-refractivity contribution >= 4 is 6.08 Å². The Morgan fingerprint density at radius 1 is 1.42 bits per heavy atom. The van der Waals surface area contributed by atoms with E-state index in [4.69, 9.17) is 0 Å². The minimum absolute atomic E-state index is 0.0390. The van der Waals surface area contributed by atoms with E-state index in [1.54, 1.807) is 0 Å². The number of aliphatic imine (C=N–C) groups is 1. The Hall–Kier alpha value is -0.760. The van der Waals surface area contributed by atoms with Gasteiger partial charge in [-0.15, -0.1) is 4.99 Å². The van der Waals surface area contributed by atoms with Crippen LogP contribution >= 0.6 is 0 Å². The van der Waals surface area contributed by atoms with E-state index in [9.17, 15) is 13.6 Å². The first-order valence-electron chi connectivity index (χ1n) is 4.11. The Morgan fingerprint density at radius 2 is 2.00 bits per heavy atom. The third-order valence-electron chi connectivity index (χ3n) is 2.22. The van der Waals surface area contributed by atoms with Crippen LogP contribution < -0.4 is 0 Å². The Balaban J connectivity index is 2.42. The summed E-state index contributed by atoms with van der Waals surface area (Å²) in [7, 11) is 0. The molecule has 0 atom stereocenters. The molecule has 1 fully saturated rings. The quantitative estimate of drug-likeness (QED) is 0.368. The van der Waals surface area contributed by atoms with Crippen LogP contribution in [0.15, 0.2) is 4.99 Å². The van der Waals surface area contributed by atoms with Crippen LogP contribution in [0.5, 0.6) is 0 Å². The van der Waals surface area contributed by atoms with Gasteiger partial charge >= 0.3 is 6.05 Å². The first-order chi connectivity index (χ1) is 5.64. The van der Waals surface area contributed by atoms with Gasteiger partial charge in [0.15, 0.2) is 0 Å². The lowest BCUT2D eigenvalue weighted by molar-refractivity contribution is -0.0128. The maximum Gasteiger partial charge on any atom is 0.352 e. The fourth-order valence-electron chi connectivity index (χ4n) is 1.67. The summed E-state index contributed by atoms with van der Waals surface area (Å²) >= 11 is 0. The molecule has 0 heterocycles. The van der Waals surface area contributed by atoms with Crippen molar-refractivity contribution in [3.05, 3.63) is 0 Å². The van der Waals surface area contributed by atoms with Crippen molar-refractivity contribution in [1.82, 2.24) is 0 Å². The highest BCUT2D eigenvalue weighted by atomic mass is 19.3. The van der Waals surface area contributed by atoms with Gasteiger partial charge in [0.05, 0.1) is 0 Å². The topological polar surface area (TPSA) is 29.4 Å². The summed E-state index contributed by atoms with van der Waals surface area (Å²) in [4.78, 5) is 12.1. The molecule has 0 saturated heterocycles. The molecule has 1 rings (SSSR count). The van der Waals surface area contributed by atoms with E-state index >= 15 is 0 Å². The monoisotopic (exact) mass is 175 g/mol. The van der Waals surface area contributed by atoms with Gasteiger partial charge < -0.3 is 0 Å². The number of alkyl halides is 2. The highest BCUT2D eigenvalue weighted by molar-refractivity contribution is 5.33. The Labute approximate surface area is 69.7 Å². The van der Waals surface area contributed by atoms with Crippen LogP contribution in [0.25, 0.3) is 0 Å². The summed E-state index contributed by atoms with van der Waals surface area (Å²) in [5.41, 5.74) is 0. The van der Waals surface area contributed by atoms with Gasteiger partial charge in [-0.25, -0.2) is 4.79 Å². The Kier molecular flexibility index (Phi) is 2.93. The molecule has 2 nitrogen and oxygen atoms in total. The Morgan fingerprint density at radius 3 is 2.50 bits per heavy atom. The summed E-state index contributed by atoms with van der Waals surface area (Å²) in [6.45, 7) is 0. The first kappa shape index (κ1) is 9.33. The lowest BCUT2D eigenvalue weighted by Crippen LogP contribution is -2.16. The fourth-order valence-corrected chi connectivity index (χ4v) is 1.67. The predicted octanol–water partition coefficient (Wildman–Crippen LogP) is 2.50. The molecule has 0 bridgehead atoms. The van der Waals surface area contributed by atoms with Gasteiger partial charge in [0.2, 0.25) is 6.08 Å². The van der Waals surface area contributed by atoms with Gasteiger partial charge in [-0.2, -0.15) is 8.78 Å². The Bertz CT molecular complexity index is 193. The average molecular weight is 175 g/mol. The molecule has 0 spiro atoms. The van der Waals surface area contributed by atoms with E-state index in [0.717, 1.165) is 31.8 Å². The smallest absolute Gasteiger partial charge is 0.211 e. The maximum absolute atomic E-state index is 12.6. The molecule has 0 N–H and O–H groups in total. The molecule has 1 saturated carbocycles. The summed E-state index contributed by atoms with van der Waals surface area (Å²) in [5, 5.41) is 0. The number of isocyanates is 1. The average Bonchev–Trinajstić information content (AvgIpc) is 2.38. The van der Waals surface area contributed by atoms with Crippen LogP contribution in [0.3, 0.4) is 0 Å². The molecule has 4 heteroatoms. The first-order valence-corrected chi connectivity index (χ1v) is 4.11. The van der Waals surface area contributed by atoms with E-state index in [1.807, 2.05) is 0 Å². The van der Waals surface area contributed by atoms with Crippen LogP contribution in [0.1, 0.15) is 32.1 Å². The third-order valence-corrected chi connectivity index (χ3v) is 2.22. The van der Waals surface area contributed by atoms with Crippen molar-refractivity contribution in [3.63, 3.8) is 0 Å². The zero-order valence-corrected chi connectivity index (χ0v) is 6.72. The fraction of sp³-hybridized carbons (Fsp3) is 0.875.